The molecule has 0 fully saturated rings. The molecule has 4 atom stereocenters. The number of carboxylic acids is 2. The fraction of sp³-hybridized carbons (Fsp3) is 0.435. The van der Waals surface area contributed by atoms with E-state index in [1.54, 1.807) is 26.1 Å². The molecule has 2 rings (SSSR count). The van der Waals surface area contributed by atoms with Crippen LogP contribution in [0.1, 0.15) is 32.8 Å². The number of fused-ring (bicyclic) bond motifs is 1. The van der Waals surface area contributed by atoms with E-state index in [9.17, 15) is 29.1 Å². The van der Waals surface area contributed by atoms with E-state index in [2.05, 4.69) is 20.9 Å². The van der Waals surface area contributed by atoms with Crippen LogP contribution in [0.15, 0.2) is 30.5 Å². The van der Waals surface area contributed by atoms with E-state index >= 15 is 0 Å². The Morgan fingerprint density at radius 3 is 2.11 bits per heavy atom. The number of aliphatic carboxylic acids is 2. The van der Waals surface area contributed by atoms with Crippen molar-refractivity contribution in [3.63, 3.8) is 0 Å². The fourth-order valence-electron chi connectivity index (χ4n) is 3.33. The molecule has 190 valence electrons. The minimum absolute atomic E-state index is 0.0207. The zero-order valence-electron chi connectivity index (χ0n) is 19.7. The van der Waals surface area contributed by atoms with Gasteiger partial charge in [0.05, 0.1) is 12.5 Å². The topological polar surface area (TPSA) is 204 Å². The Labute approximate surface area is 201 Å². The van der Waals surface area contributed by atoms with Gasteiger partial charge in [-0.25, -0.2) is 0 Å². The van der Waals surface area contributed by atoms with Crippen molar-refractivity contribution in [1.82, 2.24) is 20.9 Å². The molecule has 0 bridgehead atoms. The summed E-state index contributed by atoms with van der Waals surface area (Å²) in [6.45, 7) is 4.66. The number of nitrogens with one attached hydrogen (secondary N) is 4. The van der Waals surface area contributed by atoms with Crippen LogP contribution in [-0.2, 0) is 30.4 Å². The van der Waals surface area contributed by atoms with Crippen LogP contribution in [0.3, 0.4) is 0 Å². The number of hydrogen-bond acceptors (Lipinski definition) is 6. The maximum atomic E-state index is 13.0. The third-order valence-corrected chi connectivity index (χ3v) is 5.49. The zero-order chi connectivity index (χ0) is 26.3. The van der Waals surface area contributed by atoms with Gasteiger partial charge in [0.25, 0.3) is 0 Å². The first kappa shape index (κ1) is 27.3. The van der Waals surface area contributed by atoms with Crippen LogP contribution in [0, 0.1) is 5.92 Å². The quantitative estimate of drug-likeness (QED) is 0.211. The lowest BCUT2D eigenvalue weighted by atomic mass is 10.0. The highest BCUT2D eigenvalue weighted by Crippen LogP contribution is 2.19. The Morgan fingerprint density at radius 2 is 1.51 bits per heavy atom. The number of nitrogens with two attached hydrogens (primary N) is 1. The fourth-order valence-corrected chi connectivity index (χ4v) is 3.33. The summed E-state index contributed by atoms with van der Waals surface area (Å²) >= 11 is 0. The second kappa shape index (κ2) is 12.0. The lowest BCUT2D eigenvalue weighted by molar-refractivity contribution is -0.143. The van der Waals surface area contributed by atoms with Crippen molar-refractivity contribution >= 4 is 40.6 Å². The second-order valence-corrected chi connectivity index (χ2v) is 8.62. The van der Waals surface area contributed by atoms with E-state index in [1.165, 1.54) is 6.92 Å². The zero-order valence-corrected chi connectivity index (χ0v) is 19.7. The normalized spacial score (nSPS) is 14.5. The van der Waals surface area contributed by atoms with E-state index < -0.39 is 60.2 Å². The molecule has 1 heterocycles. The molecule has 3 amide bonds. The lowest BCUT2D eigenvalue weighted by Gasteiger charge is -2.24. The van der Waals surface area contributed by atoms with Gasteiger partial charge in [-0.2, -0.15) is 0 Å². The molecular weight excluding hydrogens is 458 g/mol. The van der Waals surface area contributed by atoms with Crippen LogP contribution in [0.4, 0.5) is 0 Å². The Kier molecular flexibility index (Phi) is 9.34. The number of rotatable bonds is 12. The summed E-state index contributed by atoms with van der Waals surface area (Å²) in [6, 6.07) is 2.31. The van der Waals surface area contributed by atoms with Gasteiger partial charge in [-0.3, -0.25) is 24.0 Å². The Balaban J connectivity index is 2.29. The molecule has 12 nitrogen and oxygen atoms in total. The van der Waals surface area contributed by atoms with E-state index in [1.807, 2.05) is 18.2 Å². The third kappa shape index (κ3) is 7.54. The summed E-state index contributed by atoms with van der Waals surface area (Å²) in [5, 5.41) is 26.3. The largest absolute Gasteiger partial charge is 0.481 e. The van der Waals surface area contributed by atoms with Crippen molar-refractivity contribution in [2.24, 2.45) is 11.7 Å². The molecule has 1 aromatic carbocycles. The number of para-hydroxylation sites is 1. The monoisotopic (exact) mass is 489 g/mol. The molecule has 0 aliphatic heterocycles. The van der Waals surface area contributed by atoms with Gasteiger partial charge in [0, 0.05) is 23.5 Å². The van der Waals surface area contributed by atoms with Gasteiger partial charge in [0.15, 0.2) is 0 Å². The number of hydrogen-bond donors (Lipinski definition) is 7. The lowest BCUT2D eigenvalue weighted by Crippen LogP contribution is -2.58. The molecule has 2 aromatic rings. The SMILES string of the molecule is CC(NC(=O)C(Cc1c[nH]c2ccccc12)NC(=O)C(CC(=O)O)NC(=O)C(N)C(C)C)C(=O)O. The number of aromatic amines is 1. The maximum absolute atomic E-state index is 13.0. The Bertz CT molecular complexity index is 1100. The van der Waals surface area contributed by atoms with Gasteiger partial charge in [-0.05, 0) is 24.5 Å². The summed E-state index contributed by atoms with van der Waals surface area (Å²) in [4.78, 5) is 63.9. The molecular formula is C23H31N5O7. The van der Waals surface area contributed by atoms with Crippen LogP contribution in [0.5, 0.6) is 0 Å². The van der Waals surface area contributed by atoms with Crippen LogP contribution >= 0.6 is 0 Å². The number of carboxylic acid groups (broad SMARTS) is 2. The van der Waals surface area contributed by atoms with Gasteiger partial charge in [0.2, 0.25) is 17.7 Å². The standard InChI is InChI=1S/C23H31N5O7/c1-11(2)19(24)22(33)28-17(9-18(29)30)21(32)27-16(20(31)26-12(3)23(34)35)8-13-10-25-15-7-5-4-6-14(13)15/h4-7,10-12,16-17,19,25H,8-9,24H2,1-3H3,(H,26,31)(H,27,32)(H,28,33)(H,29,30)(H,34,35). The summed E-state index contributed by atoms with van der Waals surface area (Å²) in [5.74, 6) is -5.28. The molecule has 8 N–H and O–H groups in total. The Hall–Kier alpha value is -3.93. The molecule has 0 aliphatic rings. The molecule has 12 heteroatoms. The van der Waals surface area contributed by atoms with Crippen molar-refractivity contribution in [3.8, 4) is 0 Å². The van der Waals surface area contributed by atoms with Crippen molar-refractivity contribution in [1.29, 1.82) is 0 Å². The first-order valence-electron chi connectivity index (χ1n) is 11.1. The molecule has 0 saturated carbocycles. The summed E-state index contributed by atoms with van der Waals surface area (Å²) in [6.07, 6.45) is 0.901. The molecule has 4 unspecified atom stereocenters. The highest BCUT2D eigenvalue weighted by Gasteiger charge is 2.31. The van der Waals surface area contributed by atoms with Crippen molar-refractivity contribution in [3.05, 3.63) is 36.0 Å². The second-order valence-electron chi connectivity index (χ2n) is 8.62. The molecule has 0 radical (unpaired) electrons. The smallest absolute Gasteiger partial charge is 0.325 e. The predicted octanol–water partition coefficient (Wildman–Crippen LogP) is -0.273. The van der Waals surface area contributed by atoms with Crippen molar-refractivity contribution < 1.29 is 34.2 Å². The number of amides is 3. The highest BCUT2D eigenvalue weighted by atomic mass is 16.4. The maximum Gasteiger partial charge on any atom is 0.325 e. The minimum atomic E-state index is -1.50. The van der Waals surface area contributed by atoms with Crippen molar-refractivity contribution in [2.45, 2.75) is 57.8 Å². The van der Waals surface area contributed by atoms with E-state index in [0.29, 0.717) is 5.56 Å². The van der Waals surface area contributed by atoms with Crippen LogP contribution in [-0.4, -0.2) is 69.0 Å². The first-order valence-corrected chi connectivity index (χ1v) is 11.1. The number of carbonyl (C=O) groups excluding carboxylic acids is 3. The van der Waals surface area contributed by atoms with Gasteiger partial charge in [-0.15, -0.1) is 0 Å². The summed E-state index contributed by atoms with van der Waals surface area (Å²) in [7, 11) is 0. The number of carbonyl (C=O) groups is 5. The average molecular weight is 490 g/mol. The molecule has 0 aliphatic carbocycles. The molecule has 0 saturated heterocycles. The van der Waals surface area contributed by atoms with Gasteiger partial charge >= 0.3 is 11.9 Å². The predicted molar refractivity (Wildman–Crippen MR) is 126 cm³/mol. The van der Waals surface area contributed by atoms with Gasteiger partial charge in [-0.1, -0.05) is 32.0 Å². The third-order valence-electron chi connectivity index (χ3n) is 5.49. The van der Waals surface area contributed by atoms with Crippen LogP contribution in [0.25, 0.3) is 10.9 Å². The highest BCUT2D eigenvalue weighted by molar-refractivity contribution is 5.96. The minimum Gasteiger partial charge on any atom is -0.481 e. The van der Waals surface area contributed by atoms with E-state index in [4.69, 9.17) is 10.8 Å². The first-order chi connectivity index (χ1) is 16.4. The number of aromatic nitrogens is 1. The van der Waals surface area contributed by atoms with E-state index in [0.717, 1.165) is 10.9 Å². The molecule has 1 aromatic heterocycles. The van der Waals surface area contributed by atoms with Crippen molar-refractivity contribution in [2.75, 3.05) is 0 Å². The Morgan fingerprint density at radius 1 is 0.914 bits per heavy atom. The van der Waals surface area contributed by atoms with E-state index in [-0.39, 0.29) is 12.3 Å². The summed E-state index contributed by atoms with van der Waals surface area (Å²) in [5.41, 5.74) is 7.27. The average Bonchev–Trinajstić information content (AvgIpc) is 3.19. The number of benzene rings is 1. The molecule has 35 heavy (non-hydrogen) atoms. The van der Waals surface area contributed by atoms with Crippen LogP contribution < -0.4 is 21.7 Å². The number of H-pyrrole nitrogens is 1. The van der Waals surface area contributed by atoms with Crippen LogP contribution in [0.2, 0.25) is 0 Å². The molecule has 0 spiro atoms. The van der Waals surface area contributed by atoms with Gasteiger partial charge in [0.1, 0.15) is 18.1 Å². The van der Waals surface area contributed by atoms with Gasteiger partial charge < -0.3 is 36.9 Å². The summed E-state index contributed by atoms with van der Waals surface area (Å²) < 4.78 is 0.